The Labute approximate surface area is 112 Å². The highest BCUT2D eigenvalue weighted by Crippen LogP contribution is 2.27. The average molecular weight is 284 g/mol. The van der Waals surface area contributed by atoms with Gasteiger partial charge in [0.15, 0.2) is 0 Å². The fraction of sp³-hybridized carbons (Fsp3) is 0.250. The number of nitrogens with one attached hydrogen (secondary N) is 1. The van der Waals surface area contributed by atoms with Crippen molar-refractivity contribution in [2.75, 3.05) is 5.32 Å². The summed E-state index contributed by atoms with van der Waals surface area (Å²) in [5, 5.41) is 11.7. The van der Waals surface area contributed by atoms with E-state index in [-0.39, 0.29) is 13.2 Å². The summed E-state index contributed by atoms with van der Waals surface area (Å²) in [5.74, 6) is 0.321. The molecule has 0 saturated heterocycles. The largest absolute Gasteiger partial charge is 0.433 e. The number of aliphatic hydroxyl groups is 1. The minimum atomic E-state index is -4.44. The Morgan fingerprint density at radius 3 is 2.15 bits per heavy atom. The molecule has 0 atom stereocenters. The number of rotatable bonds is 4. The third kappa shape index (κ3) is 3.64. The minimum Gasteiger partial charge on any atom is -0.392 e. The smallest absolute Gasteiger partial charge is 0.392 e. The fourth-order valence-electron chi connectivity index (χ4n) is 1.41. The summed E-state index contributed by atoms with van der Waals surface area (Å²) < 4.78 is 37.0. The summed E-state index contributed by atoms with van der Waals surface area (Å²) in [4.78, 5) is 11.2. The zero-order chi connectivity index (χ0) is 14.6. The van der Waals surface area contributed by atoms with Gasteiger partial charge in [-0.25, -0.2) is 9.97 Å². The molecular weight excluding hydrogens is 273 g/mol. The number of hydrogen-bond acceptors (Lipinski definition) is 5. The van der Waals surface area contributed by atoms with E-state index in [2.05, 4.69) is 20.3 Å². The van der Waals surface area contributed by atoms with Crippen molar-refractivity contribution in [1.82, 2.24) is 15.0 Å². The van der Waals surface area contributed by atoms with E-state index in [0.29, 0.717) is 17.1 Å². The Kier molecular flexibility index (Phi) is 4.14. The highest BCUT2D eigenvalue weighted by molar-refractivity contribution is 5.27. The molecule has 0 saturated carbocycles. The van der Waals surface area contributed by atoms with Crippen molar-refractivity contribution in [3.63, 3.8) is 0 Å². The Balaban J connectivity index is 1.96. The SMILES string of the molecule is OCc1cnc(NCc2ccc(C(F)(F)F)nc2)nc1. The quantitative estimate of drug-likeness (QED) is 0.898. The molecule has 0 unspecified atom stereocenters. The van der Waals surface area contributed by atoms with Crippen LogP contribution in [0.2, 0.25) is 0 Å². The molecule has 0 aromatic carbocycles. The van der Waals surface area contributed by atoms with Crippen LogP contribution in [0.3, 0.4) is 0 Å². The first-order valence-corrected chi connectivity index (χ1v) is 5.67. The first-order chi connectivity index (χ1) is 9.49. The molecule has 0 bridgehead atoms. The monoisotopic (exact) mass is 284 g/mol. The van der Waals surface area contributed by atoms with Gasteiger partial charge in [0.1, 0.15) is 5.69 Å². The summed E-state index contributed by atoms with van der Waals surface area (Å²) in [5.41, 5.74) is 0.226. The molecule has 2 N–H and O–H groups in total. The molecule has 0 aliphatic heterocycles. The Bertz CT molecular complexity index is 554. The van der Waals surface area contributed by atoms with Crippen LogP contribution in [-0.4, -0.2) is 20.1 Å². The number of alkyl halides is 3. The van der Waals surface area contributed by atoms with Gasteiger partial charge in [0.25, 0.3) is 0 Å². The highest BCUT2D eigenvalue weighted by Gasteiger charge is 2.31. The van der Waals surface area contributed by atoms with E-state index in [9.17, 15) is 13.2 Å². The maximum atomic E-state index is 12.3. The van der Waals surface area contributed by atoms with Gasteiger partial charge in [-0.15, -0.1) is 0 Å². The van der Waals surface area contributed by atoms with Crippen LogP contribution < -0.4 is 5.32 Å². The summed E-state index contributed by atoms with van der Waals surface area (Å²) in [7, 11) is 0. The molecular formula is C12H11F3N4O. The molecule has 106 valence electrons. The van der Waals surface area contributed by atoms with E-state index in [1.54, 1.807) is 0 Å². The molecule has 8 heteroatoms. The Morgan fingerprint density at radius 2 is 1.65 bits per heavy atom. The molecule has 0 aliphatic carbocycles. The van der Waals surface area contributed by atoms with E-state index in [1.807, 2.05) is 0 Å². The number of anilines is 1. The molecule has 2 aromatic rings. The van der Waals surface area contributed by atoms with E-state index in [0.717, 1.165) is 12.3 Å². The summed E-state index contributed by atoms with van der Waals surface area (Å²) in [6, 6.07) is 2.26. The molecule has 2 heterocycles. The van der Waals surface area contributed by atoms with Gasteiger partial charge in [-0.05, 0) is 11.6 Å². The van der Waals surface area contributed by atoms with Crippen molar-refractivity contribution < 1.29 is 18.3 Å². The van der Waals surface area contributed by atoms with Gasteiger partial charge in [-0.3, -0.25) is 4.98 Å². The molecule has 5 nitrogen and oxygen atoms in total. The van der Waals surface area contributed by atoms with Crippen molar-refractivity contribution in [2.24, 2.45) is 0 Å². The van der Waals surface area contributed by atoms with Gasteiger partial charge in [0, 0.05) is 30.7 Å². The Morgan fingerprint density at radius 1 is 1.00 bits per heavy atom. The molecule has 20 heavy (non-hydrogen) atoms. The number of hydrogen-bond donors (Lipinski definition) is 2. The lowest BCUT2D eigenvalue weighted by Crippen LogP contribution is -2.09. The standard InChI is InChI=1S/C12H11F3N4O/c13-12(14,15)10-2-1-8(3-16-10)4-17-11-18-5-9(7-20)6-19-11/h1-3,5-6,20H,4,7H2,(H,17,18,19). The van der Waals surface area contributed by atoms with Crippen LogP contribution in [0.1, 0.15) is 16.8 Å². The summed E-state index contributed by atoms with van der Waals surface area (Å²) >= 11 is 0. The van der Waals surface area contributed by atoms with Crippen LogP contribution in [0.5, 0.6) is 0 Å². The second-order valence-corrected chi connectivity index (χ2v) is 3.98. The number of nitrogens with zero attached hydrogens (tertiary/aromatic N) is 3. The number of halogens is 3. The zero-order valence-electron chi connectivity index (χ0n) is 10.2. The maximum absolute atomic E-state index is 12.3. The first-order valence-electron chi connectivity index (χ1n) is 5.67. The third-order valence-corrected chi connectivity index (χ3v) is 2.45. The van der Waals surface area contributed by atoms with Crippen LogP contribution in [0.15, 0.2) is 30.7 Å². The lowest BCUT2D eigenvalue weighted by atomic mass is 10.2. The predicted octanol–water partition coefficient (Wildman–Crippen LogP) is 1.99. The molecule has 0 spiro atoms. The second kappa shape index (κ2) is 5.83. The molecule has 2 aromatic heterocycles. The minimum absolute atomic E-state index is 0.150. The van der Waals surface area contributed by atoms with Crippen molar-refractivity contribution in [3.8, 4) is 0 Å². The molecule has 0 amide bonds. The Hall–Kier alpha value is -2.22. The highest BCUT2D eigenvalue weighted by atomic mass is 19.4. The second-order valence-electron chi connectivity index (χ2n) is 3.98. The normalized spacial score (nSPS) is 11.4. The predicted molar refractivity (Wildman–Crippen MR) is 64.5 cm³/mol. The van der Waals surface area contributed by atoms with Crippen LogP contribution in [0, 0.1) is 0 Å². The van der Waals surface area contributed by atoms with E-state index < -0.39 is 11.9 Å². The van der Waals surface area contributed by atoms with Crippen LogP contribution >= 0.6 is 0 Å². The average Bonchev–Trinajstić information content (AvgIpc) is 2.45. The van der Waals surface area contributed by atoms with Crippen molar-refractivity contribution in [1.29, 1.82) is 0 Å². The van der Waals surface area contributed by atoms with Crippen molar-refractivity contribution in [2.45, 2.75) is 19.3 Å². The summed E-state index contributed by atoms with van der Waals surface area (Å²) in [6.07, 6.45) is -0.367. The number of pyridine rings is 1. The van der Waals surface area contributed by atoms with Gasteiger partial charge >= 0.3 is 6.18 Å². The van der Waals surface area contributed by atoms with Gasteiger partial charge in [-0.2, -0.15) is 13.2 Å². The molecule has 0 aliphatic rings. The number of aromatic nitrogens is 3. The van der Waals surface area contributed by atoms with Crippen LogP contribution in [-0.2, 0) is 19.3 Å². The van der Waals surface area contributed by atoms with Crippen LogP contribution in [0.4, 0.5) is 19.1 Å². The third-order valence-electron chi connectivity index (χ3n) is 2.45. The van der Waals surface area contributed by atoms with E-state index >= 15 is 0 Å². The fourth-order valence-corrected chi connectivity index (χ4v) is 1.41. The van der Waals surface area contributed by atoms with E-state index in [1.165, 1.54) is 18.5 Å². The van der Waals surface area contributed by atoms with Gasteiger partial charge in [0.2, 0.25) is 5.95 Å². The molecule has 2 rings (SSSR count). The van der Waals surface area contributed by atoms with Gasteiger partial charge in [-0.1, -0.05) is 6.07 Å². The van der Waals surface area contributed by atoms with E-state index in [4.69, 9.17) is 5.11 Å². The topological polar surface area (TPSA) is 70.9 Å². The zero-order valence-corrected chi connectivity index (χ0v) is 10.2. The van der Waals surface area contributed by atoms with Crippen LogP contribution in [0.25, 0.3) is 0 Å². The molecule has 0 fully saturated rings. The lowest BCUT2D eigenvalue weighted by molar-refractivity contribution is -0.141. The number of aliphatic hydroxyl groups excluding tert-OH is 1. The van der Waals surface area contributed by atoms with Crippen molar-refractivity contribution >= 4 is 5.95 Å². The molecule has 0 radical (unpaired) electrons. The van der Waals surface area contributed by atoms with Gasteiger partial charge in [0.05, 0.1) is 6.61 Å². The maximum Gasteiger partial charge on any atom is 0.433 e. The summed E-state index contributed by atoms with van der Waals surface area (Å²) in [6.45, 7) is 0.104. The first kappa shape index (κ1) is 14.2. The lowest BCUT2D eigenvalue weighted by Gasteiger charge is -2.07. The van der Waals surface area contributed by atoms with Gasteiger partial charge < -0.3 is 10.4 Å². The van der Waals surface area contributed by atoms with Crippen molar-refractivity contribution in [3.05, 3.63) is 47.5 Å².